The number of guanidine groups is 1. The molecule has 1 aromatic rings. The number of nitrogens with zero attached hydrogens (tertiary/aromatic N) is 7. The lowest BCUT2D eigenvalue weighted by Gasteiger charge is -2.33. The van der Waals surface area contributed by atoms with Crippen LogP contribution in [0.1, 0.15) is 11.4 Å². The van der Waals surface area contributed by atoms with Crippen LogP contribution in [0.15, 0.2) is 16.2 Å². The first-order valence-corrected chi connectivity index (χ1v) is 10.9. The Kier molecular flexibility index (Phi) is 5.74. The number of ether oxygens (including phenoxy) is 1. The van der Waals surface area contributed by atoms with Crippen LogP contribution in [0.5, 0.6) is 0 Å². The Bertz CT molecular complexity index is 920. The quantitative estimate of drug-likeness (QED) is 0.381. The number of aryl methyl sites for hydroxylation is 2. The van der Waals surface area contributed by atoms with Gasteiger partial charge in [-0.05, 0) is 19.9 Å². The van der Waals surface area contributed by atoms with Gasteiger partial charge in [0, 0.05) is 31.2 Å². The Balaban J connectivity index is 1.59. The summed E-state index contributed by atoms with van der Waals surface area (Å²) in [6.45, 7) is 7.10. The second-order valence-corrected chi connectivity index (χ2v) is 8.55. The molecule has 10 nitrogen and oxygen atoms in total. The van der Waals surface area contributed by atoms with Gasteiger partial charge in [-0.2, -0.15) is 0 Å². The van der Waals surface area contributed by atoms with E-state index in [9.17, 15) is 9.59 Å². The van der Waals surface area contributed by atoms with Crippen molar-refractivity contribution in [2.45, 2.75) is 25.0 Å². The van der Waals surface area contributed by atoms with E-state index in [0.29, 0.717) is 44.4 Å². The average molecular weight is 433 g/mol. The van der Waals surface area contributed by atoms with E-state index >= 15 is 0 Å². The van der Waals surface area contributed by atoms with Crippen molar-refractivity contribution in [2.75, 3.05) is 52.7 Å². The smallest absolute Gasteiger partial charge is 0.375 e. The van der Waals surface area contributed by atoms with E-state index in [1.54, 1.807) is 18.8 Å². The fourth-order valence-electron chi connectivity index (χ4n) is 3.82. The highest BCUT2D eigenvalue weighted by Gasteiger charge is 2.55. The Morgan fingerprint density at radius 1 is 1.13 bits per heavy atom. The van der Waals surface area contributed by atoms with Gasteiger partial charge in [0.05, 0.1) is 32.8 Å². The van der Waals surface area contributed by atoms with Gasteiger partial charge in [-0.1, -0.05) is 16.8 Å². The van der Waals surface area contributed by atoms with Crippen molar-refractivity contribution in [1.29, 1.82) is 0 Å². The van der Waals surface area contributed by atoms with Gasteiger partial charge in [0.2, 0.25) is 11.9 Å². The molecule has 30 heavy (non-hydrogen) atoms. The predicted octanol–water partition coefficient (Wildman–Crippen LogP) is 0.191. The molecule has 4 rings (SSSR count). The molecule has 11 heteroatoms. The lowest BCUT2D eigenvalue weighted by atomic mass is 10.1. The summed E-state index contributed by atoms with van der Waals surface area (Å²) in [5.74, 6) is 1.64. The number of likely N-dealkylation sites (N-methyl/N-ethyl adjacent to an activating group) is 2. The standard InChI is InChI=1S/C19H26N7O3S/c1-12-11-13(2)21-17(20-12)30-10-7-26-14-15(23(3)19(28)24(4)16(14)27)22-18(26)25-5-8-29-9-6-25/h11,14H,5-10H2,1-4H3/q+1. The second kappa shape index (κ2) is 8.31. The van der Waals surface area contributed by atoms with Crippen LogP contribution < -0.4 is 0 Å². The van der Waals surface area contributed by atoms with Gasteiger partial charge in [0.25, 0.3) is 5.91 Å². The van der Waals surface area contributed by atoms with Crippen LogP contribution in [0.25, 0.3) is 0 Å². The van der Waals surface area contributed by atoms with Crippen LogP contribution in [0.4, 0.5) is 4.79 Å². The molecule has 0 bridgehead atoms. The van der Waals surface area contributed by atoms with Crippen LogP contribution in [-0.4, -0.2) is 112 Å². The van der Waals surface area contributed by atoms with E-state index in [-0.39, 0.29) is 11.9 Å². The van der Waals surface area contributed by atoms with Crippen LogP contribution >= 0.6 is 11.8 Å². The van der Waals surface area contributed by atoms with Crippen LogP contribution in [0.2, 0.25) is 0 Å². The first kappa shape index (κ1) is 20.7. The molecule has 0 saturated carbocycles. The minimum absolute atomic E-state index is 0.257. The number of hydrogen-bond acceptors (Lipinski definition) is 6. The van der Waals surface area contributed by atoms with Crippen molar-refractivity contribution >= 4 is 35.5 Å². The lowest BCUT2D eigenvalue weighted by Crippen LogP contribution is -2.63. The number of hydrogen-bond donors (Lipinski definition) is 0. The molecule has 0 spiro atoms. The second-order valence-electron chi connectivity index (χ2n) is 7.49. The maximum Gasteiger partial charge on any atom is 0.392 e. The van der Waals surface area contributed by atoms with E-state index < -0.39 is 6.04 Å². The number of thioether (sulfide) groups is 1. The lowest BCUT2D eigenvalue weighted by molar-refractivity contribution is -0.554. The molecule has 4 heterocycles. The summed E-state index contributed by atoms with van der Waals surface area (Å²) < 4.78 is 7.59. The number of amides is 3. The third-order valence-corrected chi connectivity index (χ3v) is 6.16. The van der Waals surface area contributed by atoms with Gasteiger partial charge in [-0.3, -0.25) is 19.2 Å². The SMILES string of the molecule is Cc1cc(C)nc(SCCN2C(=[N+]3CCOCC3)N=C3C2C(=O)N(C)C(=O)N3C)n1. The zero-order valence-electron chi connectivity index (χ0n) is 17.7. The minimum atomic E-state index is -0.601. The normalized spacial score (nSPS) is 22.1. The number of aliphatic imine (C=N–C) groups is 1. The van der Waals surface area contributed by atoms with Gasteiger partial charge < -0.3 is 4.74 Å². The molecule has 0 aliphatic carbocycles. The monoisotopic (exact) mass is 432 g/mol. The van der Waals surface area contributed by atoms with Crippen LogP contribution in [-0.2, 0) is 9.53 Å². The highest BCUT2D eigenvalue weighted by atomic mass is 32.2. The third kappa shape index (κ3) is 3.79. The van der Waals surface area contributed by atoms with Crippen molar-refractivity contribution in [3.63, 3.8) is 0 Å². The maximum atomic E-state index is 13.0. The van der Waals surface area contributed by atoms with Crippen LogP contribution in [0, 0.1) is 13.8 Å². The highest BCUT2D eigenvalue weighted by Crippen LogP contribution is 2.24. The summed E-state index contributed by atoms with van der Waals surface area (Å²) in [6.07, 6.45) is 0. The van der Waals surface area contributed by atoms with Crippen molar-refractivity contribution in [3.8, 4) is 0 Å². The van der Waals surface area contributed by atoms with Crippen molar-refractivity contribution < 1.29 is 18.9 Å². The van der Waals surface area contributed by atoms with E-state index in [4.69, 9.17) is 9.73 Å². The summed E-state index contributed by atoms with van der Waals surface area (Å²) >= 11 is 1.55. The van der Waals surface area contributed by atoms with Gasteiger partial charge in [-0.25, -0.2) is 19.7 Å². The number of imide groups is 1. The number of aromatic nitrogens is 2. The highest BCUT2D eigenvalue weighted by molar-refractivity contribution is 7.99. The number of amidine groups is 1. The molecule has 1 unspecified atom stereocenters. The zero-order valence-corrected chi connectivity index (χ0v) is 18.5. The summed E-state index contributed by atoms with van der Waals surface area (Å²) in [5, 5.41) is 0.722. The fourth-order valence-corrected chi connectivity index (χ4v) is 4.71. The molecule has 3 amide bonds. The number of fused-ring (bicyclic) bond motifs is 1. The fraction of sp³-hybridized carbons (Fsp3) is 0.579. The van der Waals surface area contributed by atoms with E-state index in [0.717, 1.165) is 22.5 Å². The van der Waals surface area contributed by atoms with Crippen molar-refractivity contribution in [1.82, 2.24) is 24.7 Å². The Labute approximate surface area is 179 Å². The zero-order chi connectivity index (χ0) is 21.4. The predicted molar refractivity (Wildman–Crippen MR) is 112 cm³/mol. The van der Waals surface area contributed by atoms with Gasteiger partial charge in [0.15, 0.2) is 5.16 Å². The topological polar surface area (TPSA) is 94.2 Å². The third-order valence-electron chi connectivity index (χ3n) is 5.33. The summed E-state index contributed by atoms with van der Waals surface area (Å²) in [7, 11) is 3.18. The van der Waals surface area contributed by atoms with Gasteiger partial charge >= 0.3 is 12.0 Å². The van der Waals surface area contributed by atoms with E-state index in [1.165, 1.54) is 16.8 Å². The minimum Gasteiger partial charge on any atom is -0.375 e. The summed E-state index contributed by atoms with van der Waals surface area (Å²) in [6, 6.07) is 0.978. The maximum absolute atomic E-state index is 13.0. The molecule has 3 aliphatic heterocycles. The molecule has 0 radical (unpaired) electrons. The van der Waals surface area contributed by atoms with Crippen LogP contribution in [0.3, 0.4) is 0 Å². The molecule has 3 aliphatic rings. The largest absolute Gasteiger partial charge is 0.392 e. The Morgan fingerprint density at radius 3 is 2.47 bits per heavy atom. The number of carbonyl (C=O) groups is 2. The molecule has 1 atom stereocenters. The molecule has 1 aromatic heterocycles. The van der Waals surface area contributed by atoms with Gasteiger partial charge in [-0.15, -0.1) is 0 Å². The Morgan fingerprint density at radius 2 is 1.80 bits per heavy atom. The number of carbonyl (C=O) groups excluding carboxylic acids is 2. The summed E-state index contributed by atoms with van der Waals surface area (Å²) in [4.78, 5) is 43.7. The van der Waals surface area contributed by atoms with Crippen molar-refractivity contribution in [2.24, 2.45) is 4.99 Å². The Hall–Kier alpha value is -2.53. The molecule has 2 saturated heterocycles. The first-order valence-electron chi connectivity index (χ1n) is 9.92. The molecular formula is C19H26N7O3S+. The van der Waals surface area contributed by atoms with E-state index in [1.807, 2.05) is 24.8 Å². The molecule has 0 aromatic carbocycles. The van der Waals surface area contributed by atoms with E-state index in [2.05, 4.69) is 14.5 Å². The summed E-state index contributed by atoms with van der Waals surface area (Å²) in [5.41, 5.74) is 1.86. The van der Waals surface area contributed by atoms with Gasteiger partial charge in [0.1, 0.15) is 0 Å². The number of morpholine rings is 1. The molecular weight excluding hydrogens is 406 g/mol. The average Bonchev–Trinajstić information content (AvgIpc) is 3.10. The first-order chi connectivity index (χ1) is 14.4. The van der Waals surface area contributed by atoms with Crippen molar-refractivity contribution in [3.05, 3.63) is 17.5 Å². The number of urea groups is 1. The molecule has 0 N–H and O–H groups in total. The number of rotatable bonds is 4. The molecule has 2 fully saturated rings. The molecule has 160 valence electrons.